The molecule has 0 amide bonds. The molecule has 1 fully saturated rings. The molecule has 10 heavy (non-hydrogen) atoms. The Morgan fingerprint density at radius 1 is 1.00 bits per heavy atom. The smallest absolute Gasteiger partial charge is 0.0245 e. The molecule has 0 aromatic heterocycles. The van der Waals surface area contributed by atoms with E-state index < -0.39 is 0 Å². The Kier molecular flexibility index (Phi) is 2.34. The first-order valence-electron chi connectivity index (χ1n) is 4.15. The molecule has 60 valence electrons. The van der Waals surface area contributed by atoms with E-state index in [9.17, 15) is 0 Å². The highest BCUT2D eigenvalue weighted by Gasteiger charge is 2.40. The summed E-state index contributed by atoms with van der Waals surface area (Å²) in [6.45, 7) is 7.20. The zero-order chi connectivity index (χ0) is 7.83. The number of hydrogen-bond acceptors (Lipinski definition) is 0. The molecule has 0 aliphatic heterocycles. The zero-order valence-corrected chi connectivity index (χ0v) is 9.36. The summed E-state index contributed by atoms with van der Waals surface area (Å²) in [6.07, 6.45) is 5.68. The maximum atomic E-state index is 2.63. The summed E-state index contributed by atoms with van der Waals surface area (Å²) in [5, 5.41) is 0. The SMILES string of the molecule is CC1(C)CCCCC1(C)I. The quantitative estimate of drug-likeness (QED) is 0.454. The number of halogens is 1. The largest absolute Gasteiger partial charge is 0.0786 e. The van der Waals surface area contributed by atoms with Crippen molar-refractivity contribution in [2.24, 2.45) is 5.41 Å². The highest BCUT2D eigenvalue weighted by Crippen LogP contribution is 2.49. The summed E-state index contributed by atoms with van der Waals surface area (Å²) in [6, 6.07) is 0. The molecule has 1 unspecified atom stereocenters. The fourth-order valence-corrected chi connectivity index (χ4v) is 2.27. The second kappa shape index (κ2) is 2.65. The summed E-state index contributed by atoms with van der Waals surface area (Å²) >= 11 is 2.63. The van der Waals surface area contributed by atoms with Gasteiger partial charge < -0.3 is 0 Å². The van der Waals surface area contributed by atoms with E-state index in [0.29, 0.717) is 8.84 Å². The second-order valence-corrected chi connectivity index (χ2v) is 6.67. The van der Waals surface area contributed by atoms with Crippen LogP contribution in [0.25, 0.3) is 0 Å². The van der Waals surface area contributed by atoms with Crippen molar-refractivity contribution in [3.8, 4) is 0 Å². The highest BCUT2D eigenvalue weighted by atomic mass is 127. The van der Waals surface area contributed by atoms with Crippen molar-refractivity contribution in [3.63, 3.8) is 0 Å². The third-order valence-electron chi connectivity index (χ3n) is 3.11. The lowest BCUT2D eigenvalue weighted by Gasteiger charge is -2.44. The van der Waals surface area contributed by atoms with E-state index in [1.54, 1.807) is 0 Å². The minimum absolute atomic E-state index is 0.545. The van der Waals surface area contributed by atoms with Crippen LogP contribution in [0.5, 0.6) is 0 Å². The van der Waals surface area contributed by atoms with Gasteiger partial charge >= 0.3 is 0 Å². The summed E-state index contributed by atoms with van der Waals surface area (Å²) in [5.74, 6) is 0. The molecule has 0 N–H and O–H groups in total. The van der Waals surface area contributed by atoms with Crippen LogP contribution in [0, 0.1) is 5.41 Å². The molecule has 0 bridgehead atoms. The van der Waals surface area contributed by atoms with Crippen LogP contribution in [0.1, 0.15) is 46.5 Å². The molecular weight excluding hydrogens is 235 g/mol. The van der Waals surface area contributed by atoms with Gasteiger partial charge in [-0.3, -0.25) is 0 Å². The molecule has 0 radical (unpaired) electrons. The van der Waals surface area contributed by atoms with E-state index in [0.717, 1.165) is 0 Å². The Balaban J connectivity index is 2.70. The summed E-state index contributed by atoms with van der Waals surface area (Å²) in [7, 11) is 0. The monoisotopic (exact) mass is 252 g/mol. The van der Waals surface area contributed by atoms with Crippen molar-refractivity contribution < 1.29 is 0 Å². The van der Waals surface area contributed by atoms with Gasteiger partial charge in [0.2, 0.25) is 0 Å². The van der Waals surface area contributed by atoms with E-state index in [4.69, 9.17) is 0 Å². The zero-order valence-electron chi connectivity index (χ0n) is 7.21. The first-order chi connectivity index (χ1) is 4.46. The number of hydrogen-bond donors (Lipinski definition) is 0. The van der Waals surface area contributed by atoms with Crippen LogP contribution in [0.15, 0.2) is 0 Å². The Bertz CT molecular complexity index is 109. The lowest BCUT2D eigenvalue weighted by molar-refractivity contribution is 0.198. The van der Waals surface area contributed by atoms with Crippen LogP contribution in [0.4, 0.5) is 0 Å². The van der Waals surface area contributed by atoms with E-state index in [2.05, 4.69) is 43.4 Å². The molecule has 1 aliphatic rings. The predicted octanol–water partition coefficient (Wildman–Crippen LogP) is 3.78. The van der Waals surface area contributed by atoms with Crippen molar-refractivity contribution in [2.75, 3.05) is 0 Å². The highest BCUT2D eigenvalue weighted by molar-refractivity contribution is 14.1. The number of rotatable bonds is 0. The Hall–Kier alpha value is 0.730. The lowest BCUT2D eigenvalue weighted by Crippen LogP contribution is -2.38. The van der Waals surface area contributed by atoms with Gasteiger partial charge in [-0.1, -0.05) is 56.2 Å². The average Bonchev–Trinajstić information content (AvgIpc) is 1.77. The third-order valence-corrected chi connectivity index (χ3v) is 5.11. The van der Waals surface area contributed by atoms with E-state index >= 15 is 0 Å². The Morgan fingerprint density at radius 2 is 1.50 bits per heavy atom. The molecule has 0 heterocycles. The van der Waals surface area contributed by atoms with Crippen molar-refractivity contribution >= 4 is 22.6 Å². The summed E-state index contributed by atoms with van der Waals surface area (Å²) in [5.41, 5.74) is 0.561. The lowest BCUT2D eigenvalue weighted by atomic mass is 9.70. The van der Waals surface area contributed by atoms with E-state index in [-0.39, 0.29) is 0 Å². The Labute approximate surface area is 77.9 Å². The van der Waals surface area contributed by atoms with Gasteiger partial charge in [-0.2, -0.15) is 0 Å². The summed E-state index contributed by atoms with van der Waals surface area (Å²) < 4.78 is 0.545. The van der Waals surface area contributed by atoms with Gasteiger partial charge in [-0.05, 0) is 18.3 Å². The van der Waals surface area contributed by atoms with Crippen molar-refractivity contribution in [2.45, 2.75) is 49.9 Å². The number of alkyl halides is 1. The molecule has 1 heteroatoms. The molecule has 1 atom stereocenters. The minimum atomic E-state index is 0.545. The van der Waals surface area contributed by atoms with Gasteiger partial charge in [-0.25, -0.2) is 0 Å². The van der Waals surface area contributed by atoms with Crippen molar-refractivity contribution in [3.05, 3.63) is 0 Å². The fourth-order valence-electron chi connectivity index (χ4n) is 1.62. The van der Waals surface area contributed by atoms with Crippen molar-refractivity contribution in [1.82, 2.24) is 0 Å². The first kappa shape index (κ1) is 8.82. The average molecular weight is 252 g/mol. The molecule has 0 aromatic carbocycles. The summed E-state index contributed by atoms with van der Waals surface area (Å²) in [4.78, 5) is 0. The maximum Gasteiger partial charge on any atom is 0.0245 e. The topological polar surface area (TPSA) is 0 Å². The van der Waals surface area contributed by atoms with E-state index in [1.165, 1.54) is 25.7 Å². The van der Waals surface area contributed by atoms with Crippen molar-refractivity contribution in [1.29, 1.82) is 0 Å². The minimum Gasteiger partial charge on any atom is -0.0786 e. The molecule has 1 rings (SSSR count). The van der Waals surface area contributed by atoms with Crippen LogP contribution in [-0.4, -0.2) is 3.42 Å². The van der Waals surface area contributed by atoms with Gasteiger partial charge in [-0.15, -0.1) is 0 Å². The first-order valence-corrected chi connectivity index (χ1v) is 5.22. The normalized spacial score (nSPS) is 39.6. The van der Waals surface area contributed by atoms with Gasteiger partial charge in [0, 0.05) is 3.42 Å². The van der Waals surface area contributed by atoms with Crippen LogP contribution < -0.4 is 0 Å². The second-order valence-electron chi connectivity index (χ2n) is 4.29. The molecule has 0 spiro atoms. The third kappa shape index (κ3) is 1.49. The van der Waals surface area contributed by atoms with Gasteiger partial charge in [0.25, 0.3) is 0 Å². The molecule has 1 aliphatic carbocycles. The molecule has 1 saturated carbocycles. The van der Waals surface area contributed by atoms with Crippen LogP contribution >= 0.6 is 22.6 Å². The molecular formula is C9H17I. The molecule has 0 nitrogen and oxygen atoms in total. The maximum absolute atomic E-state index is 2.63. The van der Waals surface area contributed by atoms with Crippen LogP contribution in [-0.2, 0) is 0 Å². The Morgan fingerprint density at radius 3 is 1.80 bits per heavy atom. The van der Waals surface area contributed by atoms with Gasteiger partial charge in [0.05, 0.1) is 0 Å². The fraction of sp³-hybridized carbons (Fsp3) is 1.00. The van der Waals surface area contributed by atoms with Gasteiger partial charge in [0.1, 0.15) is 0 Å². The molecule has 0 aromatic rings. The predicted molar refractivity (Wildman–Crippen MR) is 54.7 cm³/mol. The molecule has 0 saturated heterocycles. The van der Waals surface area contributed by atoms with Crippen LogP contribution in [0.3, 0.4) is 0 Å². The van der Waals surface area contributed by atoms with Gasteiger partial charge in [0.15, 0.2) is 0 Å². The standard InChI is InChI=1S/C9H17I/c1-8(2)6-4-5-7-9(8,3)10/h4-7H2,1-3H3. The van der Waals surface area contributed by atoms with E-state index in [1.807, 2.05) is 0 Å². The van der Waals surface area contributed by atoms with Crippen LogP contribution in [0.2, 0.25) is 0 Å².